The minimum atomic E-state index is -0.700. The van der Waals surface area contributed by atoms with Crippen LogP contribution in [-0.4, -0.2) is 35.0 Å². The number of benzene rings is 1. The Hall–Kier alpha value is -2.70. The molecule has 1 unspecified atom stereocenters. The smallest absolute Gasteiger partial charge is 0.244 e. The van der Waals surface area contributed by atoms with E-state index in [1.807, 2.05) is 58.3 Å². The van der Waals surface area contributed by atoms with E-state index < -0.39 is 11.9 Å². The summed E-state index contributed by atoms with van der Waals surface area (Å²) in [6.45, 7) is 4.00. The molecule has 23 heavy (non-hydrogen) atoms. The van der Waals surface area contributed by atoms with Gasteiger partial charge < -0.3 is 16.0 Å². The van der Waals surface area contributed by atoms with Crippen LogP contribution in [0.3, 0.4) is 0 Å². The molecule has 1 amide bonds. The fraction of sp³-hybridized carbons (Fsp3) is 0.375. The van der Waals surface area contributed by atoms with Gasteiger partial charge in [0.05, 0.1) is 0 Å². The van der Waals surface area contributed by atoms with Crippen LogP contribution in [0.1, 0.15) is 37.2 Å². The quantitative estimate of drug-likeness (QED) is 0.842. The number of hydrogen-bond donors (Lipinski definition) is 2. The number of anilines is 2. The van der Waals surface area contributed by atoms with Gasteiger partial charge in [0, 0.05) is 20.0 Å². The molecule has 7 nitrogen and oxygen atoms in total. The second-order valence-corrected chi connectivity index (χ2v) is 5.76. The Kier molecular flexibility index (Phi) is 5.10. The Morgan fingerprint density at radius 3 is 2.30 bits per heavy atom. The van der Waals surface area contributed by atoms with E-state index in [4.69, 9.17) is 5.73 Å². The van der Waals surface area contributed by atoms with Crippen molar-refractivity contribution in [1.29, 1.82) is 0 Å². The maximum atomic E-state index is 11.8. The summed E-state index contributed by atoms with van der Waals surface area (Å²) in [5.41, 5.74) is 6.29. The fourth-order valence-electron chi connectivity index (χ4n) is 2.00. The van der Waals surface area contributed by atoms with Gasteiger partial charge in [-0.2, -0.15) is 15.0 Å². The predicted molar refractivity (Wildman–Crippen MR) is 90.2 cm³/mol. The van der Waals surface area contributed by atoms with Gasteiger partial charge in [-0.15, -0.1) is 0 Å². The Morgan fingerprint density at radius 1 is 1.13 bits per heavy atom. The second kappa shape index (κ2) is 7.04. The molecule has 0 bridgehead atoms. The average molecular weight is 314 g/mol. The summed E-state index contributed by atoms with van der Waals surface area (Å²) >= 11 is 0. The van der Waals surface area contributed by atoms with Crippen molar-refractivity contribution in [2.24, 2.45) is 5.73 Å². The van der Waals surface area contributed by atoms with Gasteiger partial charge in [0.25, 0.3) is 0 Å². The molecule has 1 aromatic carbocycles. The number of amides is 1. The van der Waals surface area contributed by atoms with E-state index in [-0.39, 0.29) is 5.92 Å². The van der Waals surface area contributed by atoms with Crippen molar-refractivity contribution in [2.75, 3.05) is 24.3 Å². The molecule has 1 aromatic heterocycles. The number of aromatic nitrogens is 3. The lowest BCUT2D eigenvalue weighted by atomic mass is 10.1. The first kappa shape index (κ1) is 16.7. The van der Waals surface area contributed by atoms with Gasteiger partial charge in [0.2, 0.25) is 17.8 Å². The normalized spacial score (nSPS) is 12.0. The zero-order valence-corrected chi connectivity index (χ0v) is 13.8. The number of nitrogens with one attached hydrogen (secondary N) is 1. The van der Waals surface area contributed by atoms with E-state index in [1.165, 1.54) is 0 Å². The molecular weight excluding hydrogens is 292 g/mol. The summed E-state index contributed by atoms with van der Waals surface area (Å²) in [6.07, 6.45) is 0. The van der Waals surface area contributed by atoms with Crippen molar-refractivity contribution in [3.05, 3.63) is 41.7 Å². The summed E-state index contributed by atoms with van der Waals surface area (Å²) < 4.78 is 0. The Balaban J connectivity index is 2.38. The molecule has 0 aliphatic carbocycles. The second-order valence-electron chi connectivity index (χ2n) is 5.76. The van der Waals surface area contributed by atoms with E-state index in [1.54, 1.807) is 4.90 Å². The van der Waals surface area contributed by atoms with Crippen molar-refractivity contribution < 1.29 is 4.79 Å². The van der Waals surface area contributed by atoms with Crippen molar-refractivity contribution in [3.63, 3.8) is 0 Å². The molecule has 0 saturated heterocycles. The summed E-state index contributed by atoms with van der Waals surface area (Å²) in [4.78, 5) is 26.8. The first-order valence-electron chi connectivity index (χ1n) is 7.42. The van der Waals surface area contributed by atoms with Gasteiger partial charge >= 0.3 is 0 Å². The molecule has 122 valence electrons. The number of nitrogens with two attached hydrogens (primary N) is 1. The zero-order valence-electron chi connectivity index (χ0n) is 13.8. The first-order chi connectivity index (χ1) is 10.9. The van der Waals surface area contributed by atoms with Crippen LogP contribution in [0, 0.1) is 0 Å². The SMILES string of the molecule is CC(C)c1nc(NC(C(N)=O)c2ccccc2)nc(N(C)C)n1. The molecule has 2 rings (SSSR count). The minimum Gasteiger partial charge on any atom is -0.368 e. The van der Waals surface area contributed by atoms with Gasteiger partial charge in [0.15, 0.2) is 0 Å². The van der Waals surface area contributed by atoms with Gasteiger partial charge in [-0.3, -0.25) is 4.79 Å². The van der Waals surface area contributed by atoms with E-state index >= 15 is 0 Å². The number of hydrogen-bond acceptors (Lipinski definition) is 6. The Morgan fingerprint density at radius 2 is 1.78 bits per heavy atom. The van der Waals surface area contributed by atoms with Crippen molar-refractivity contribution in [3.8, 4) is 0 Å². The molecule has 0 radical (unpaired) electrons. The molecule has 0 saturated carbocycles. The topological polar surface area (TPSA) is 97.0 Å². The van der Waals surface area contributed by atoms with Crippen LogP contribution in [0.4, 0.5) is 11.9 Å². The van der Waals surface area contributed by atoms with Gasteiger partial charge in [-0.05, 0) is 5.56 Å². The zero-order chi connectivity index (χ0) is 17.0. The largest absolute Gasteiger partial charge is 0.368 e. The number of carbonyl (C=O) groups is 1. The molecule has 3 N–H and O–H groups in total. The van der Waals surface area contributed by atoms with Crippen molar-refractivity contribution in [2.45, 2.75) is 25.8 Å². The molecule has 0 aliphatic heterocycles. The van der Waals surface area contributed by atoms with Crippen LogP contribution in [0.5, 0.6) is 0 Å². The first-order valence-corrected chi connectivity index (χ1v) is 7.42. The van der Waals surface area contributed by atoms with Gasteiger partial charge in [-0.25, -0.2) is 0 Å². The summed E-state index contributed by atoms with van der Waals surface area (Å²) in [5.74, 6) is 1.17. The van der Waals surface area contributed by atoms with E-state index in [0.29, 0.717) is 17.7 Å². The lowest BCUT2D eigenvalue weighted by molar-refractivity contribution is -0.118. The van der Waals surface area contributed by atoms with Crippen molar-refractivity contribution >= 4 is 17.8 Å². The van der Waals surface area contributed by atoms with E-state index in [2.05, 4.69) is 20.3 Å². The summed E-state index contributed by atoms with van der Waals surface area (Å²) in [7, 11) is 3.71. The molecule has 2 aromatic rings. The minimum absolute atomic E-state index is 0.140. The highest BCUT2D eigenvalue weighted by Crippen LogP contribution is 2.20. The third-order valence-electron chi connectivity index (χ3n) is 3.25. The predicted octanol–water partition coefficient (Wildman–Crippen LogP) is 1.70. The average Bonchev–Trinajstić information content (AvgIpc) is 2.52. The molecule has 0 fully saturated rings. The highest BCUT2D eigenvalue weighted by atomic mass is 16.1. The third kappa shape index (κ3) is 4.15. The van der Waals surface area contributed by atoms with Crippen LogP contribution < -0.4 is 16.0 Å². The van der Waals surface area contributed by atoms with Crippen LogP contribution in [0.15, 0.2) is 30.3 Å². The molecular formula is C16H22N6O. The van der Waals surface area contributed by atoms with Crippen LogP contribution >= 0.6 is 0 Å². The summed E-state index contributed by atoms with van der Waals surface area (Å²) in [5, 5.41) is 3.02. The number of nitrogens with zero attached hydrogens (tertiary/aromatic N) is 4. The van der Waals surface area contributed by atoms with Gasteiger partial charge in [0.1, 0.15) is 11.9 Å². The molecule has 1 atom stereocenters. The monoisotopic (exact) mass is 314 g/mol. The highest BCUT2D eigenvalue weighted by Gasteiger charge is 2.20. The highest BCUT2D eigenvalue weighted by molar-refractivity contribution is 5.84. The maximum absolute atomic E-state index is 11.8. The molecule has 1 heterocycles. The van der Waals surface area contributed by atoms with Crippen LogP contribution in [0.2, 0.25) is 0 Å². The number of rotatable bonds is 6. The molecule has 0 spiro atoms. The third-order valence-corrected chi connectivity index (χ3v) is 3.25. The number of primary amides is 1. The van der Waals surface area contributed by atoms with Crippen molar-refractivity contribution in [1.82, 2.24) is 15.0 Å². The number of carbonyl (C=O) groups excluding carboxylic acids is 1. The Bertz CT molecular complexity index is 645. The summed E-state index contributed by atoms with van der Waals surface area (Å²) in [6, 6.07) is 8.55. The standard InChI is InChI=1S/C16H22N6O/c1-10(2)14-19-15(21-16(20-14)22(3)4)18-12(13(17)23)11-8-6-5-7-9-11/h5-10,12H,1-4H3,(H2,17,23)(H,18,19,20,21). The molecule has 0 aliphatic rings. The van der Waals surface area contributed by atoms with Gasteiger partial charge in [-0.1, -0.05) is 44.2 Å². The lowest BCUT2D eigenvalue weighted by Gasteiger charge is -2.18. The van der Waals surface area contributed by atoms with E-state index in [0.717, 1.165) is 5.56 Å². The Labute approximate surface area is 136 Å². The molecule has 7 heteroatoms. The van der Waals surface area contributed by atoms with Crippen LogP contribution in [0.25, 0.3) is 0 Å². The fourth-order valence-corrected chi connectivity index (χ4v) is 2.00. The van der Waals surface area contributed by atoms with Crippen LogP contribution in [-0.2, 0) is 4.79 Å². The van der Waals surface area contributed by atoms with E-state index in [9.17, 15) is 4.79 Å². The maximum Gasteiger partial charge on any atom is 0.244 e. The lowest BCUT2D eigenvalue weighted by Crippen LogP contribution is -2.29.